The van der Waals surface area contributed by atoms with Gasteiger partial charge in [-0.25, -0.2) is 0 Å². The van der Waals surface area contributed by atoms with Gasteiger partial charge in [0.1, 0.15) is 0 Å². The Bertz CT molecular complexity index is 1230. The number of benzene rings is 2. The second-order valence-electron chi connectivity index (χ2n) is 6.89. The second kappa shape index (κ2) is 8.17. The van der Waals surface area contributed by atoms with Crippen LogP contribution in [0.3, 0.4) is 0 Å². The number of fused-ring (bicyclic) bond motifs is 3. The smallest absolute Gasteiger partial charge is 0.313 e. The molecule has 0 aliphatic rings. The van der Waals surface area contributed by atoms with E-state index in [2.05, 4.69) is 11.9 Å². The largest absolute Gasteiger partial charge is 0.466 e. The molecule has 0 N–H and O–H groups in total. The van der Waals surface area contributed by atoms with Crippen molar-refractivity contribution in [2.75, 3.05) is 6.61 Å². The number of rotatable bonds is 6. The number of hydrogen-bond donors (Lipinski definition) is 0. The molecule has 0 saturated heterocycles. The van der Waals surface area contributed by atoms with E-state index in [4.69, 9.17) is 4.74 Å². The fourth-order valence-electron chi connectivity index (χ4n) is 3.65. The van der Waals surface area contributed by atoms with Crippen molar-refractivity contribution in [2.24, 2.45) is 0 Å². The van der Waals surface area contributed by atoms with E-state index in [9.17, 15) is 9.59 Å². The Hall–Kier alpha value is -2.99. The van der Waals surface area contributed by atoms with Crippen molar-refractivity contribution in [2.45, 2.75) is 32.6 Å². The highest BCUT2D eigenvalue weighted by Gasteiger charge is 2.22. The molecule has 4 rings (SSSR count). The van der Waals surface area contributed by atoms with Crippen LogP contribution in [0.1, 0.15) is 38.2 Å². The zero-order valence-electron chi connectivity index (χ0n) is 16.4. The van der Waals surface area contributed by atoms with Gasteiger partial charge < -0.3 is 4.74 Å². The maximum Gasteiger partial charge on any atom is 0.313 e. The molecule has 29 heavy (non-hydrogen) atoms. The summed E-state index contributed by atoms with van der Waals surface area (Å²) in [4.78, 5) is 29.5. The van der Waals surface area contributed by atoms with E-state index in [1.807, 2.05) is 59.9 Å². The number of ether oxygens (including phenoxy) is 1. The van der Waals surface area contributed by atoms with Crippen molar-refractivity contribution in [3.63, 3.8) is 0 Å². The Morgan fingerprint density at radius 1 is 1.14 bits per heavy atom. The summed E-state index contributed by atoms with van der Waals surface area (Å²) >= 11 is 1.46. The number of thiazole rings is 1. The highest BCUT2D eigenvalue weighted by atomic mass is 32.1. The van der Waals surface area contributed by atoms with Gasteiger partial charge in [-0.2, -0.15) is 4.98 Å². The summed E-state index contributed by atoms with van der Waals surface area (Å²) in [6, 6.07) is 17.4. The first-order valence-electron chi connectivity index (χ1n) is 9.80. The zero-order chi connectivity index (χ0) is 20.4. The fraction of sp³-hybridized carbons (Fsp3) is 0.261. The lowest BCUT2D eigenvalue weighted by Crippen LogP contribution is -2.15. The maximum atomic E-state index is 12.4. The Labute approximate surface area is 172 Å². The molecule has 4 aromatic rings. The van der Waals surface area contributed by atoms with Crippen molar-refractivity contribution < 1.29 is 9.53 Å². The fourth-order valence-corrected chi connectivity index (χ4v) is 4.73. The standard InChI is InChI=1S/C23H22N2O3S/c1-3-8-17(22(27)28-4-2)16-11-12-18-20(13-16)29-23-24-21(26)14-19(25(18)23)15-9-6-5-7-10-15/h5-7,9-14,17H,3-4,8H2,1-2H3. The molecular formula is C23H22N2O3S. The van der Waals surface area contributed by atoms with Crippen LogP contribution in [0.4, 0.5) is 0 Å². The maximum absolute atomic E-state index is 12.4. The predicted molar refractivity (Wildman–Crippen MR) is 117 cm³/mol. The molecule has 6 heteroatoms. The molecule has 0 aliphatic carbocycles. The first-order chi connectivity index (χ1) is 14.1. The van der Waals surface area contributed by atoms with Crippen LogP contribution >= 0.6 is 11.3 Å². The van der Waals surface area contributed by atoms with Gasteiger partial charge in [0.25, 0.3) is 5.56 Å². The first-order valence-corrected chi connectivity index (χ1v) is 10.6. The second-order valence-corrected chi connectivity index (χ2v) is 7.90. The van der Waals surface area contributed by atoms with Gasteiger partial charge in [0, 0.05) is 6.07 Å². The summed E-state index contributed by atoms with van der Waals surface area (Å²) in [7, 11) is 0. The highest BCUT2D eigenvalue weighted by Crippen LogP contribution is 2.33. The van der Waals surface area contributed by atoms with E-state index in [1.165, 1.54) is 11.3 Å². The van der Waals surface area contributed by atoms with Crippen molar-refractivity contribution >= 4 is 32.5 Å². The van der Waals surface area contributed by atoms with Crippen molar-refractivity contribution in [1.82, 2.24) is 9.38 Å². The molecule has 148 valence electrons. The average Bonchev–Trinajstić information content (AvgIpc) is 3.09. The number of esters is 1. The number of nitrogens with zero attached hydrogens (tertiary/aromatic N) is 2. The SMILES string of the molecule is CCCC(C(=O)OCC)c1ccc2c(c1)sc1nc(=O)cc(-c3ccccc3)n12. The molecule has 0 bridgehead atoms. The quantitative estimate of drug-likeness (QED) is 0.422. The van der Waals surface area contributed by atoms with Gasteiger partial charge in [-0.05, 0) is 36.6 Å². The molecule has 0 radical (unpaired) electrons. The molecule has 1 unspecified atom stereocenters. The van der Waals surface area contributed by atoms with Crippen LogP contribution < -0.4 is 5.56 Å². The van der Waals surface area contributed by atoms with E-state index < -0.39 is 0 Å². The molecule has 2 heterocycles. The Kier molecular flexibility index (Phi) is 5.45. The Morgan fingerprint density at radius 3 is 2.66 bits per heavy atom. The van der Waals surface area contributed by atoms with E-state index in [1.54, 1.807) is 6.07 Å². The number of hydrogen-bond acceptors (Lipinski definition) is 5. The summed E-state index contributed by atoms with van der Waals surface area (Å²) < 4.78 is 8.28. The topological polar surface area (TPSA) is 60.7 Å². The van der Waals surface area contributed by atoms with E-state index >= 15 is 0 Å². The zero-order valence-corrected chi connectivity index (χ0v) is 17.2. The molecule has 0 saturated carbocycles. The van der Waals surface area contributed by atoms with Crippen molar-refractivity contribution in [3.05, 3.63) is 70.5 Å². The average molecular weight is 407 g/mol. The van der Waals surface area contributed by atoms with Gasteiger partial charge in [0.05, 0.1) is 28.4 Å². The lowest BCUT2D eigenvalue weighted by Gasteiger charge is -2.15. The molecule has 1 atom stereocenters. The van der Waals surface area contributed by atoms with Gasteiger partial charge in [0.15, 0.2) is 4.96 Å². The molecular weight excluding hydrogens is 384 g/mol. The minimum atomic E-state index is -0.281. The third-order valence-corrected chi connectivity index (χ3v) is 5.95. The summed E-state index contributed by atoms with van der Waals surface area (Å²) in [5.74, 6) is -0.469. The normalized spacial score (nSPS) is 12.3. The van der Waals surface area contributed by atoms with Crippen molar-refractivity contribution in [1.29, 1.82) is 0 Å². The van der Waals surface area contributed by atoms with Crippen molar-refractivity contribution in [3.8, 4) is 11.3 Å². The van der Waals surface area contributed by atoms with Crippen LogP contribution in [-0.2, 0) is 9.53 Å². The molecule has 0 amide bonds. The molecule has 5 nitrogen and oxygen atoms in total. The van der Waals surface area contributed by atoms with Crippen LogP contribution in [0.2, 0.25) is 0 Å². The Morgan fingerprint density at radius 2 is 1.93 bits per heavy atom. The monoisotopic (exact) mass is 406 g/mol. The van der Waals surface area contributed by atoms with Gasteiger partial charge in [-0.15, -0.1) is 0 Å². The lowest BCUT2D eigenvalue weighted by atomic mass is 9.94. The molecule has 0 aliphatic heterocycles. The van der Waals surface area contributed by atoms with Crippen LogP contribution in [0.25, 0.3) is 26.4 Å². The third-order valence-electron chi connectivity index (χ3n) is 4.94. The molecule has 2 aromatic heterocycles. The van der Waals surface area contributed by atoms with E-state index in [-0.39, 0.29) is 17.4 Å². The van der Waals surface area contributed by atoms with Gasteiger partial charge in [-0.3, -0.25) is 14.0 Å². The van der Waals surface area contributed by atoms with Gasteiger partial charge in [0.2, 0.25) is 0 Å². The predicted octanol–water partition coefficient (Wildman–Crippen LogP) is 5.02. The van der Waals surface area contributed by atoms with Gasteiger partial charge >= 0.3 is 5.97 Å². The summed E-state index contributed by atoms with van der Waals surface area (Å²) in [5.41, 5.74) is 3.43. The lowest BCUT2D eigenvalue weighted by molar-refractivity contribution is -0.145. The molecule has 0 spiro atoms. The summed E-state index contributed by atoms with van der Waals surface area (Å²) in [5, 5.41) is 0. The molecule has 0 fully saturated rings. The third kappa shape index (κ3) is 3.68. The van der Waals surface area contributed by atoms with E-state index in [0.717, 1.165) is 39.9 Å². The minimum Gasteiger partial charge on any atom is -0.466 e. The summed E-state index contributed by atoms with van der Waals surface area (Å²) in [6.45, 7) is 4.26. The Balaban J connectivity index is 1.90. The molecule has 2 aromatic carbocycles. The minimum absolute atomic E-state index is 0.188. The highest BCUT2D eigenvalue weighted by molar-refractivity contribution is 7.23. The van der Waals surface area contributed by atoms with Crippen LogP contribution in [-0.4, -0.2) is 22.0 Å². The first kappa shape index (κ1) is 19.3. The van der Waals surface area contributed by atoms with Crippen LogP contribution in [0, 0.1) is 0 Å². The number of aromatic nitrogens is 2. The van der Waals surface area contributed by atoms with E-state index in [0.29, 0.717) is 11.6 Å². The van der Waals surface area contributed by atoms with Crippen LogP contribution in [0.15, 0.2) is 59.4 Å². The van der Waals surface area contributed by atoms with Crippen LogP contribution in [0.5, 0.6) is 0 Å². The number of carbonyl (C=O) groups is 1. The van der Waals surface area contributed by atoms with Gasteiger partial charge in [-0.1, -0.05) is 61.1 Å². The summed E-state index contributed by atoms with van der Waals surface area (Å²) in [6.07, 6.45) is 1.63. The number of carbonyl (C=O) groups excluding carboxylic acids is 1.